The van der Waals surface area contributed by atoms with Gasteiger partial charge in [-0.05, 0) is 29.7 Å². The van der Waals surface area contributed by atoms with Crippen molar-refractivity contribution in [3.05, 3.63) is 72.3 Å². The molecule has 0 bridgehead atoms. The summed E-state index contributed by atoms with van der Waals surface area (Å²) in [7, 11) is 1.91. The SMILES string of the molecule is CN1C(NC(=O)c2ccccc2)=Nc2cccc3cccc1c23. The molecule has 1 heterocycles. The quantitative estimate of drug-likeness (QED) is 0.744. The molecule has 1 aliphatic rings. The first-order valence-corrected chi connectivity index (χ1v) is 7.44. The summed E-state index contributed by atoms with van der Waals surface area (Å²) in [6, 6.07) is 21.3. The summed E-state index contributed by atoms with van der Waals surface area (Å²) in [4.78, 5) is 18.9. The molecule has 0 fully saturated rings. The Morgan fingerprint density at radius 3 is 2.48 bits per heavy atom. The molecule has 1 N–H and O–H groups in total. The zero-order chi connectivity index (χ0) is 15.8. The Balaban J connectivity index is 1.75. The molecular formula is C19H15N3O. The molecule has 23 heavy (non-hydrogen) atoms. The highest BCUT2D eigenvalue weighted by Crippen LogP contribution is 2.37. The van der Waals surface area contributed by atoms with Gasteiger partial charge in [0.15, 0.2) is 0 Å². The molecule has 0 aromatic heterocycles. The fourth-order valence-corrected chi connectivity index (χ4v) is 2.85. The highest BCUT2D eigenvalue weighted by Gasteiger charge is 2.21. The van der Waals surface area contributed by atoms with E-state index in [-0.39, 0.29) is 5.91 Å². The maximum Gasteiger partial charge on any atom is 0.257 e. The summed E-state index contributed by atoms with van der Waals surface area (Å²) in [5.74, 6) is 0.368. The second kappa shape index (κ2) is 5.25. The van der Waals surface area contributed by atoms with Gasteiger partial charge in [-0.2, -0.15) is 0 Å². The van der Waals surface area contributed by atoms with Crippen LogP contribution >= 0.6 is 0 Å². The highest BCUT2D eigenvalue weighted by molar-refractivity contribution is 6.18. The first kappa shape index (κ1) is 13.5. The van der Waals surface area contributed by atoms with E-state index >= 15 is 0 Å². The number of aliphatic imine (C=N–C) groups is 1. The zero-order valence-electron chi connectivity index (χ0n) is 12.7. The van der Waals surface area contributed by atoms with E-state index in [1.165, 1.54) is 0 Å². The molecule has 4 rings (SSSR count). The van der Waals surface area contributed by atoms with Crippen molar-refractivity contribution >= 4 is 34.0 Å². The number of guanidine groups is 1. The predicted molar refractivity (Wildman–Crippen MR) is 93.4 cm³/mol. The molecule has 0 spiro atoms. The van der Waals surface area contributed by atoms with Crippen LogP contribution in [-0.4, -0.2) is 18.9 Å². The Hall–Kier alpha value is -3.14. The zero-order valence-corrected chi connectivity index (χ0v) is 12.7. The monoisotopic (exact) mass is 301 g/mol. The number of carbonyl (C=O) groups is 1. The second-order valence-electron chi connectivity index (χ2n) is 5.47. The summed E-state index contributed by atoms with van der Waals surface area (Å²) >= 11 is 0. The van der Waals surface area contributed by atoms with Crippen molar-refractivity contribution in [3.8, 4) is 0 Å². The molecule has 3 aromatic carbocycles. The Morgan fingerprint density at radius 1 is 0.957 bits per heavy atom. The lowest BCUT2D eigenvalue weighted by molar-refractivity contribution is 0.0976. The smallest absolute Gasteiger partial charge is 0.257 e. The summed E-state index contributed by atoms with van der Waals surface area (Å²) in [6.07, 6.45) is 0. The summed E-state index contributed by atoms with van der Waals surface area (Å²) in [6.45, 7) is 0. The van der Waals surface area contributed by atoms with Gasteiger partial charge in [-0.25, -0.2) is 4.99 Å². The number of anilines is 1. The predicted octanol–water partition coefficient (Wildman–Crippen LogP) is 3.71. The van der Waals surface area contributed by atoms with Gasteiger partial charge in [-0.1, -0.05) is 42.5 Å². The van der Waals surface area contributed by atoms with E-state index < -0.39 is 0 Å². The van der Waals surface area contributed by atoms with E-state index in [4.69, 9.17) is 0 Å². The van der Waals surface area contributed by atoms with Crippen LogP contribution in [-0.2, 0) is 0 Å². The summed E-state index contributed by atoms with van der Waals surface area (Å²) in [5, 5.41) is 5.16. The lowest BCUT2D eigenvalue weighted by atomic mass is 10.1. The third kappa shape index (κ3) is 2.25. The Kier molecular flexibility index (Phi) is 3.08. The minimum atomic E-state index is -0.164. The van der Waals surface area contributed by atoms with Gasteiger partial charge in [-0.15, -0.1) is 0 Å². The molecule has 4 heteroatoms. The van der Waals surface area contributed by atoms with E-state index in [2.05, 4.69) is 22.4 Å². The van der Waals surface area contributed by atoms with E-state index in [9.17, 15) is 4.79 Å². The van der Waals surface area contributed by atoms with Crippen molar-refractivity contribution in [1.82, 2.24) is 5.32 Å². The molecule has 112 valence electrons. The van der Waals surface area contributed by atoms with Crippen molar-refractivity contribution in [1.29, 1.82) is 0 Å². The third-order valence-electron chi connectivity index (χ3n) is 4.03. The number of nitrogens with one attached hydrogen (secondary N) is 1. The normalized spacial score (nSPS) is 12.9. The van der Waals surface area contributed by atoms with Gasteiger partial charge in [0.1, 0.15) is 0 Å². The third-order valence-corrected chi connectivity index (χ3v) is 4.03. The molecule has 1 aliphatic heterocycles. The Morgan fingerprint density at radius 2 is 1.70 bits per heavy atom. The molecule has 4 nitrogen and oxygen atoms in total. The number of carbonyl (C=O) groups excluding carboxylic acids is 1. The molecule has 3 aromatic rings. The van der Waals surface area contributed by atoms with Crippen LogP contribution in [0.25, 0.3) is 10.8 Å². The number of nitrogens with zero attached hydrogens (tertiary/aromatic N) is 2. The Labute approximate surface area is 134 Å². The largest absolute Gasteiger partial charge is 0.314 e. The molecular weight excluding hydrogens is 286 g/mol. The van der Waals surface area contributed by atoms with Gasteiger partial charge >= 0.3 is 0 Å². The number of rotatable bonds is 1. The average Bonchev–Trinajstić information content (AvgIpc) is 2.60. The van der Waals surface area contributed by atoms with Crippen LogP contribution in [0.3, 0.4) is 0 Å². The minimum absolute atomic E-state index is 0.164. The van der Waals surface area contributed by atoms with Crippen LogP contribution in [0.2, 0.25) is 0 Å². The van der Waals surface area contributed by atoms with Crippen LogP contribution in [0, 0.1) is 0 Å². The van der Waals surface area contributed by atoms with Crippen molar-refractivity contribution < 1.29 is 4.79 Å². The average molecular weight is 301 g/mol. The van der Waals surface area contributed by atoms with Crippen LogP contribution in [0.5, 0.6) is 0 Å². The molecule has 0 unspecified atom stereocenters. The number of hydrogen-bond donors (Lipinski definition) is 1. The van der Waals surface area contributed by atoms with Gasteiger partial charge in [0.25, 0.3) is 5.91 Å². The van der Waals surface area contributed by atoms with Crippen molar-refractivity contribution in [2.45, 2.75) is 0 Å². The first-order valence-electron chi connectivity index (χ1n) is 7.44. The maximum absolute atomic E-state index is 12.4. The van der Waals surface area contributed by atoms with Gasteiger partial charge in [0, 0.05) is 18.0 Å². The van der Waals surface area contributed by atoms with Crippen molar-refractivity contribution in [2.24, 2.45) is 4.99 Å². The van der Waals surface area contributed by atoms with Gasteiger partial charge in [-0.3, -0.25) is 10.1 Å². The van der Waals surface area contributed by atoms with E-state index in [1.54, 1.807) is 12.1 Å². The topological polar surface area (TPSA) is 44.7 Å². The lowest BCUT2D eigenvalue weighted by Crippen LogP contribution is -2.43. The van der Waals surface area contributed by atoms with Crippen LogP contribution in [0.1, 0.15) is 10.4 Å². The molecule has 0 saturated heterocycles. The summed E-state index contributed by atoms with van der Waals surface area (Å²) < 4.78 is 0. The van der Waals surface area contributed by atoms with Crippen molar-refractivity contribution in [3.63, 3.8) is 0 Å². The fourth-order valence-electron chi connectivity index (χ4n) is 2.85. The first-order chi connectivity index (χ1) is 11.2. The highest BCUT2D eigenvalue weighted by atomic mass is 16.1. The molecule has 0 radical (unpaired) electrons. The van der Waals surface area contributed by atoms with E-state index in [0.717, 1.165) is 22.1 Å². The standard InChI is InChI=1S/C19H15N3O/c1-22-16-12-6-10-13-9-5-11-15(17(13)16)20-19(22)21-18(23)14-7-3-2-4-8-14/h2-12H,1H3,(H,20,21,23). The number of hydrogen-bond acceptors (Lipinski definition) is 3. The van der Waals surface area contributed by atoms with Gasteiger partial charge < -0.3 is 4.90 Å². The minimum Gasteiger partial charge on any atom is -0.314 e. The summed E-state index contributed by atoms with van der Waals surface area (Å²) in [5.41, 5.74) is 2.52. The number of benzene rings is 3. The van der Waals surface area contributed by atoms with Crippen molar-refractivity contribution in [2.75, 3.05) is 11.9 Å². The van der Waals surface area contributed by atoms with Gasteiger partial charge in [0.05, 0.1) is 11.4 Å². The van der Waals surface area contributed by atoms with Crippen LogP contribution in [0.4, 0.5) is 11.4 Å². The number of amides is 1. The molecule has 0 aliphatic carbocycles. The van der Waals surface area contributed by atoms with E-state index in [1.807, 2.05) is 54.4 Å². The van der Waals surface area contributed by atoms with Crippen LogP contribution in [0.15, 0.2) is 71.7 Å². The van der Waals surface area contributed by atoms with Crippen LogP contribution < -0.4 is 10.2 Å². The molecule has 0 saturated carbocycles. The lowest BCUT2D eigenvalue weighted by Gasteiger charge is -2.27. The Bertz CT molecular complexity index is 927. The second-order valence-corrected chi connectivity index (χ2v) is 5.47. The molecule has 0 atom stereocenters. The fraction of sp³-hybridized carbons (Fsp3) is 0.0526. The van der Waals surface area contributed by atoms with Gasteiger partial charge in [0.2, 0.25) is 5.96 Å². The van der Waals surface area contributed by atoms with E-state index in [0.29, 0.717) is 11.5 Å². The maximum atomic E-state index is 12.4. The molecule has 1 amide bonds.